The van der Waals surface area contributed by atoms with Crippen molar-refractivity contribution in [1.29, 1.82) is 0 Å². The first-order chi connectivity index (χ1) is 12.7. The minimum Gasteiger partial charge on any atom is -0.388 e. The Balaban J connectivity index is 1.78. The molecule has 0 aliphatic carbocycles. The first-order valence-corrected chi connectivity index (χ1v) is 9.62. The van der Waals surface area contributed by atoms with Gasteiger partial charge in [0.2, 0.25) is 0 Å². The van der Waals surface area contributed by atoms with Crippen molar-refractivity contribution >= 4 is 0 Å². The van der Waals surface area contributed by atoms with E-state index in [9.17, 15) is 5.11 Å². The maximum Gasteiger partial charge on any atom is 0.184 e. The minimum atomic E-state index is -0.702. The van der Waals surface area contributed by atoms with E-state index >= 15 is 0 Å². The smallest absolute Gasteiger partial charge is 0.184 e. The number of hydrogen-bond acceptors (Lipinski definition) is 6. The lowest BCUT2D eigenvalue weighted by Gasteiger charge is -2.50. The lowest BCUT2D eigenvalue weighted by molar-refractivity contribution is -0.350. The molecular formula is C20H31NO5. The van der Waals surface area contributed by atoms with Crippen LogP contribution < -0.4 is 0 Å². The molecule has 0 spiro atoms. The highest BCUT2D eigenvalue weighted by atomic mass is 16.7. The summed E-state index contributed by atoms with van der Waals surface area (Å²) in [6.07, 6.45) is -0.454. The van der Waals surface area contributed by atoms with Crippen LogP contribution in [0.3, 0.4) is 0 Å². The van der Waals surface area contributed by atoms with Gasteiger partial charge in [0.05, 0.1) is 12.6 Å². The zero-order chi connectivity index (χ0) is 18.5. The predicted octanol–water partition coefficient (Wildman–Crippen LogP) is 2.32. The van der Waals surface area contributed by atoms with E-state index in [0.717, 1.165) is 31.5 Å². The van der Waals surface area contributed by atoms with Gasteiger partial charge in [-0.05, 0) is 25.9 Å². The molecule has 6 atom stereocenters. The van der Waals surface area contributed by atoms with Crippen LogP contribution in [0, 0.1) is 0 Å². The second kappa shape index (κ2) is 9.26. The van der Waals surface area contributed by atoms with E-state index < -0.39 is 24.8 Å². The van der Waals surface area contributed by atoms with Crippen molar-refractivity contribution in [1.82, 2.24) is 4.90 Å². The number of aliphatic hydroxyl groups excluding tert-OH is 1. The zero-order valence-corrected chi connectivity index (χ0v) is 15.9. The molecule has 2 fully saturated rings. The second-order valence-electron chi connectivity index (χ2n) is 6.97. The Kier molecular flexibility index (Phi) is 7.03. The summed E-state index contributed by atoms with van der Waals surface area (Å²) in [6, 6.07) is 9.55. The largest absolute Gasteiger partial charge is 0.388 e. The third kappa shape index (κ3) is 4.11. The van der Waals surface area contributed by atoms with Gasteiger partial charge in [0, 0.05) is 12.7 Å². The summed E-state index contributed by atoms with van der Waals surface area (Å²) in [5.74, 6) is 0. The quantitative estimate of drug-likeness (QED) is 0.800. The summed E-state index contributed by atoms with van der Waals surface area (Å²) in [5, 5.41) is 11.2. The molecule has 6 heteroatoms. The Bertz CT molecular complexity index is 536. The standard InChI is InChI=1S/C20H31NO5/c1-4-11-21(12-5-2)16-17(22)18-15(25-20(16)23-3)13-24-19(26-18)14-9-7-6-8-10-14/h6-10,15-20,22H,4-5,11-13H2,1-3H3/t15-,16-,17+,18-,19?,20+/m1/s1. The van der Waals surface area contributed by atoms with Crippen molar-refractivity contribution in [3.8, 4) is 0 Å². The molecule has 6 nitrogen and oxygen atoms in total. The highest BCUT2D eigenvalue weighted by molar-refractivity contribution is 5.16. The monoisotopic (exact) mass is 365 g/mol. The molecule has 0 radical (unpaired) electrons. The fraction of sp³-hybridized carbons (Fsp3) is 0.700. The topological polar surface area (TPSA) is 60.4 Å². The fourth-order valence-corrected chi connectivity index (χ4v) is 3.92. The molecule has 0 aromatic heterocycles. The van der Waals surface area contributed by atoms with Gasteiger partial charge in [0.1, 0.15) is 18.3 Å². The van der Waals surface area contributed by atoms with Crippen LogP contribution in [0.5, 0.6) is 0 Å². The summed E-state index contributed by atoms with van der Waals surface area (Å²) in [6.45, 7) is 6.42. The van der Waals surface area contributed by atoms with Gasteiger partial charge >= 0.3 is 0 Å². The van der Waals surface area contributed by atoms with Gasteiger partial charge in [0.25, 0.3) is 0 Å². The van der Waals surface area contributed by atoms with E-state index in [1.165, 1.54) is 0 Å². The highest BCUT2D eigenvalue weighted by Gasteiger charge is 2.51. The normalized spacial score (nSPS) is 34.7. The molecular weight excluding hydrogens is 334 g/mol. The van der Waals surface area contributed by atoms with Crippen LogP contribution in [0.2, 0.25) is 0 Å². The van der Waals surface area contributed by atoms with Crippen LogP contribution in [-0.2, 0) is 18.9 Å². The van der Waals surface area contributed by atoms with Crippen LogP contribution in [0.15, 0.2) is 30.3 Å². The van der Waals surface area contributed by atoms with E-state index in [2.05, 4.69) is 18.7 Å². The van der Waals surface area contributed by atoms with Gasteiger partial charge in [-0.25, -0.2) is 0 Å². The Hall–Kier alpha value is -1.02. The number of rotatable bonds is 7. The molecule has 3 rings (SSSR count). The van der Waals surface area contributed by atoms with Crippen molar-refractivity contribution in [3.63, 3.8) is 0 Å². The van der Waals surface area contributed by atoms with Gasteiger partial charge in [-0.15, -0.1) is 0 Å². The molecule has 0 bridgehead atoms. The maximum absolute atomic E-state index is 11.2. The Morgan fingerprint density at radius 3 is 2.42 bits per heavy atom. The minimum absolute atomic E-state index is 0.254. The van der Waals surface area contributed by atoms with Crippen molar-refractivity contribution in [2.24, 2.45) is 0 Å². The molecule has 1 N–H and O–H groups in total. The van der Waals surface area contributed by atoms with Gasteiger partial charge in [-0.2, -0.15) is 0 Å². The maximum atomic E-state index is 11.2. The molecule has 26 heavy (non-hydrogen) atoms. The van der Waals surface area contributed by atoms with Gasteiger partial charge in [-0.1, -0.05) is 44.2 Å². The first-order valence-electron chi connectivity index (χ1n) is 9.62. The molecule has 0 saturated carbocycles. The van der Waals surface area contributed by atoms with Crippen LogP contribution in [-0.4, -0.2) is 67.5 Å². The van der Waals surface area contributed by atoms with E-state index in [-0.39, 0.29) is 12.1 Å². The first kappa shape index (κ1) is 19.7. The number of nitrogens with zero attached hydrogens (tertiary/aromatic N) is 1. The number of benzene rings is 1. The van der Waals surface area contributed by atoms with E-state index in [4.69, 9.17) is 18.9 Å². The number of methoxy groups -OCH3 is 1. The van der Waals surface area contributed by atoms with Crippen molar-refractivity contribution in [2.45, 2.75) is 63.6 Å². The number of aliphatic hydroxyl groups is 1. The third-order valence-corrected chi connectivity index (χ3v) is 5.08. The van der Waals surface area contributed by atoms with Crippen molar-refractivity contribution in [2.75, 3.05) is 26.8 Å². The SMILES string of the molecule is CCCN(CCC)[C@H]1[C@@H](OC)O[C@@H]2COC(c3ccccc3)O[C@H]2[C@H]1O. The average molecular weight is 365 g/mol. The summed E-state index contributed by atoms with van der Waals surface area (Å²) >= 11 is 0. The molecule has 1 aromatic carbocycles. The molecule has 146 valence electrons. The van der Waals surface area contributed by atoms with Crippen LogP contribution in [0.4, 0.5) is 0 Å². The summed E-state index contributed by atoms with van der Waals surface area (Å²) in [7, 11) is 1.62. The Morgan fingerprint density at radius 1 is 1.12 bits per heavy atom. The molecule has 2 saturated heterocycles. The van der Waals surface area contributed by atoms with Crippen LogP contribution in [0.25, 0.3) is 0 Å². The molecule has 1 unspecified atom stereocenters. The van der Waals surface area contributed by atoms with E-state index in [0.29, 0.717) is 6.61 Å². The number of ether oxygens (including phenoxy) is 4. The van der Waals surface area contributed by atoms with Gasteiger partial charge in [-0.3, -0.25) is 4.90 Å². The Labute approximate surface area is 156 Å². The fourth-order valence-electron chi connectivity index (χ4n) is 3.92. The highest BCUT2D eigenvalue weighted by Crippen LogP contribution is 2.35. The summed E-state index contributed by atoms with van der Waals surface area (Å²) < 4.78 is 23.7. The van der Waals surface area contributed by atoms with Gasteiger partial charge in [0.15, 0.2) is 12.6 Å². The van der Waals surface area contributed by atoms with E-state index in [1.54, 1.807) is 7.11 Å². The third-order valence-electron chi connectivity index (χ3n) is 5.08. The Morgan fingerprint density at radius 2 is 1.81 bits per heavy atom. The van der Waals surface area contributed by atoms with Crippen LogP contribution in [0.1, 0.15) is 38.5 Å². The zero-order valence-electron chi connectivity index (χ0n) is 15.9. The molecule has 2 aliphatic heterocycles. The van der Waals surface area contributed by atoms with Crippen molar-refractivity contribution < 1.29 is 24.1 Å². The summed E-state index contributed by atoms with van der Waals surface area (Å²) in [5.41, 5.74) is 0.947. The van der Waals surface area contributed by atoms with Crippen molar-refractivity contribution in [3.05, 3.63) is 35.9 Å². The number of fused-ring (bicyclic) bond motifs is 1. The van der Waals surface area contributed by atoms with Crippen LogP contribution >= 0.6 is 0 Å². The van der Waals surface area contributed by atoms with E-state index in [1.807, 2.05) is 30.3 Å². The summed E-state index contributed by atoms with van der Waals surface area (Å²) in [4.78, 5) is 2.26. The second-order valence-corrected chi connectivity index (χ2v) is 6.97. The predicted molar refractivity (Wildman–Crippen MR) is 97.6 cm³/mol. The average Bonchev–Trinajstić information content (AvgIpc) is 2.68. The molecule has 2 heterocycles. The molecule has 1 aromatic rings. The molecule has 2 aliphatic rings. The number of hydrogen-bond donors (Lipinski definition) is 1. The van der Waals surface area contributed by atoms with Gasteiger partial charge < -0.3 is 24.1 Å². The lowest BCUT2D eigenvalue weighted by atomic mass is 9.94. The lowest BCUT2D eigenvalue weighted by Crippen LogP contribution is -2.66. The molecule has 0 amide bonds.